The number of halogens is 1. The number of rotatable bonds is 8. The van der Waals surface area contributed by atoms with Crippen LogP contribution in [0, 0.1) is 11.8 Å². The number of amides is 1. The third-order valence-corrected chi connectivity index (χ3v) is 7.17. The van der Waals surface area contributed by atoms with Crippen molar-refractivity contribution >= 4 is 29.3 Å². The standard InChI is InChI=1S/C21H29ClN6OS/c1-13(2)11-28-18(10-23-20(29)19-15-7-5-9-17(15)24-26-19)25-27-21(28)30-12-14-6-3-4-8-16(14)22/h3-4,6,8,13,15,17,19,24,26H,5,7,9-12H2,1-2H3,(H,23,29). The van der Waals surface area contributed by atoms with Crippen molar-refractivity contribution in [2.45, 2.75) is 69.2 Å². The molecular weight excluding hydrogens is 420 g/mol. The second kappa shape index (κ2) is 9.68. The lowest BCUT2D eigenvalue weighted by atomic mass is 9.97. The quantitative estimate of drug-likeness (QED) is 0.538. The van der Waals surface area contributed by atoms with Gasteiger partial charge in [0.05, 0.1) is 6.54 Å². The SMILES string of the molecule is CC(C)Cn1c(CNC(=O)C2NNC3CCCC32)nnc1SCc1ccccc1Cl. The van der Waals surface area contributed by atoms with Crippen LogP contribution < -0.4 is 16.2 Å². The van der Waals surface area contributed by atoms with E-state index in [2.05, 4.69) is 44.8 Å². The molecule has 2 fully saturated rings. The normalized spacial score (nSPS) is 23.1. The van der Waals surface area contributed by atoms with Crippen molar-refractivity contribution in [1.29, 1.82) is 0 Å². The predicted octanol–water partition coefficient (Wildman–Crippen LogP) is 3.14. The van der Waals surface area contributed by atoms with Gasteiger partial charge in [0.15, 0.2) is 11.0 Å². The molecule has 1 saturated carbocycles. The summed E-state index contributed by atoms with van der Waals surface area (Å²) in [4.78, 5) is 12.8. The summed E-state index contributed by atoms with van der Waals surface area (Å²) in [5, 5.41) is 13.5. The summed E-state index contributed by atoms with van der Waals surface area (Å²) in [6.07, 6.45) is 3.41. The fourth-order valence-corrected chi connectivity index (χ4v) is 5.52. The van der Waals surface area contributed by atoms with E-state index in [0.717, 1.165) is 46.7 Å². The van der Waals surface area contributed by atoms with E-state index in [1.807, 2.05) is 24.3 Å². The van der Waals surface area contributed by atoms with Gasteiger partial charge in [0.1, 0.15) is 6.04 Å². The van der Waals surface area contributed by atoms with Crippen molar-refractivity contribution in [3.05, 3.63) is 40.7 Å². The molecule has 30 heavy (non-hydrogen) atoms. The monoisotopic (exact) mass is 448 g/mol. The lowest BCUT2D eigenvalue weighted by Gasteiger charge is -2.17. The highest BCUT2D eigenvalue weighted by Crippen LogP contribution is 2.31. The largest absolute Gasteiger partial charge is 0.347 e. The van der Waals surface area contributed by atoms with Crippen molar-refractivity contribution < 1.29 is 4.79 Å². The zero-order valence-corrected chi connectivity index (χ0v) is 19.0. The van der Waals surface area contributed by atoms with Gasteiger partial charge >= 0.3 is 0 Å². The Kier molecular flexibility index (Phi) is 6.98. The number of carbonyl (C=O) groups is 1. The van der Waals surface area contributed by atoms with Crippen molar-refractivity contribution in [2.75, 3.05) is 0 Å². The van der Waals surface area contributed by atoms with Crippen LogP contribution in [-0.2, 0) is 23.6 Å². The molecule has 0 spiro atoms. The average molecular weight is 449 g/mol. The molecule has 0 radical (unpaired) electrons. The van der Waals surface area contributed by atoms with Gasteiger partial charge in [0.2, 0.25) is 5.91 Å². The highest BCUT2D eigenvalue weighted by atomic mass is 35.5. The number of nitrogens with one attached hydrogen (secondary N) is 3. The van der Waals surface area contributed by atoms with Gasteiger partial charge in [-0.1, -0.05) is 61.8 Å². The van der Waals surface area contributed by atoms with Gasteiger partial charge in [-0.05, 0) is 30.4 Å². The summed E-state index contributed by atoms with van der Waals surface area (Å²) in [5.41, 5.74) is 7.51. The maximum atomic E-state index is 12.8. The number of thioether (sulfide) groups is 1. The molecular formula is C21H29ClN6OS. The highest BCUT2D eigenvalue weighted by molar-refractivity contribution is 7.98. The lowest BCUT2D eigenvalue weighted by molar-refractivity contribution is -0.124. The minimum atomic E-state index is -0.173. The first-order chi connectivity index (χ1) is 14.5. The summed E-state index contributed by atoms with van der Waals surface area (Å²) >= 11 is 7.91. The second-order valence-electron chi connectivity index (χ2n) is 8.47. The molecule has 162 valence electrons. The lowest BCUT2D eigenvalue weighted by Crippen LogP contribution is -2.45. The minimum Gasteiger partial charge on any atom is -0.347 e. The van der Waals surface area contributed by atoms with Crippen LogP contribution in [0.4, 0.5) is 0 Å². The summed E-state index contributed by atoms with van der Waals surface area (Å²) < 4.78 is 2.12. The van der Waals surface area contributed by atoms with Crippen LogP contribution in [0.1, 0.15) is 44.5 Å². The van der Waals surface area contributed by atoms with E-state index in [1.165, 1.54) is 6.42 Å². The van der Waals surface area contributed by atoms with E-state index in [9.17, 15) is 4.79 Å². The molecule has 4 rings (SSSR count). The number of carbonyl (C=O) groups excluding carboxylic acids is 1. The number of hydrogen-bond donors (Lipinski definition) is 3. The van der Waals surface area contributed by atoms with Crippen molar-refractivity contribution in [3.8, 4) is 0 Å². The van der Waals surface area contributed by atoms with Crippen LogP contribution in [0.3, 0.4) is 0 Å². The number of benzene rings is 1. The number of hydrogen-bond acceptors (Lipinski definition) is 6. The van der Waals surface area contributed by atoms with Crippen molar-refractivity contribution in [2.24, 2.45) is 11.8 Å². The molecule has 1 saturated heterocycles. The third kappa shape index (κ3) is 4.82. The third-order valence-electron chi connectivity index (χ3n) is 5.78. The molecule has 3 unspecified atom stereocenters. The summed E-state index contributed by atoms with van der Waals surface area (Å²) in [7, 11) is 0. The van der Waals surface area contributed by atoms with Gasteiger partial charge in [-0.3, -0.25) is 10.2 Å². The Labute approximate surface area is 186 Å². The van der Waals surface area contributed by atoms with Crippen LogP contribution in [0.5, 0.6) is 0 Å². The Hall–Kier alpha value is -1.61. The van der Waals surface area contributed by atoms with Crippen LogP contribution in [0.25, 0.3) is 0 Å². The smallest absolute Gasteiger partial charge is 0.239 e. The van der Waals surface area contributed by atoms with E-state index in [-0.39, 0.29) is 11.9 Å². The van der Waals surface area contributed by atoms with Crippen molar-refractivity contribution in [1.82, 2.24) is 30.9 Å². The zero-order valence-electron chi connectivity index (χ0n) is 17.4. The number of fused-ring (bicyclic) bond motifs is 1. The maximum absolute atomic E-state index is 12.8. The van der Waals surface area contributed by atoms with Gasteiger partial charge < -0.3 is 9.88 Å². The van der Waals surface area contributed by atoms with Crippen LogP contribution in [0.2, 0.25) is 5.02 Å². The number of aromatic nitrogens is 3. The summed E-state index contributed by atoms with van der Waals surface area (Å²) in [6.45, 7) is 5.51. The molecule has 1 aliphatic carbocycles. The Balaban J connectivity index is 1.41. The Morgan fingerprint density at radius 3 is 2.93 bits per heavy atom. The molecule has 2 aliphatic rings. The van der Waals surface area contributed by atoms with E-state index in [1.54, 1.807) is 11.8 Å². The second-order valence-corrected chi connectivity index (χ2v) is 9.82. The predicted molar refractivity (Wildman–Crippen MR) is 119 cm³/mol. The van der Waals surface area contributed by atoms with Gasteiger partial charge in [-0.15, -0.1) is 10.2 Å². The van der Waals surface area contributed by atoms with E-state index in [4.69, 9.17) is 11.6 Å². The molecule has 7 nitrogen and oxygen atoms in total. The van der Waals surface area contributed by atoms with Gasteiger partial charge in [0, 0.05) is 29.3 Å². The fraction of sp³-hybridized carbons (Fsp3) is 0.571. The Morgan fingerprint density at radius 2 is 2.13 bits per heavy atom. The minimum absolute atomic E-state index is 0.0290. The van der Waals surface area contributed by atoms with Gasteiger partial charge in [-0.2, -0.15) is 0 Å². The molecule has 0 bridgehead atoms. The summed E-state index contributed by atoms with van der Waals surface area (Å²) in [6, 6.07) is 8.09. The maximum Gasteiger partial charge on any atom is 0.239 e. The van der Waals surface area contributed by atoms with Crippen LogP contribution in [0.15, 0.2) is 29.4 Å². The number of nitrogens with zero attached hydrogens (tertiary/aromatic N) is 3. The van der Waals surface area contributed by atoms with E-state index < -0.39 is 0 Å². The molecule has 2 heterocycles. The van der Waals surface area contributed by atoms with E-state index in [0.29, 0.717) is 24.4 Å². The van der Waals surface area contributed by atoms with Gasteiger partial charge in [-0.25, -0.2) is 5.43 Å². The van der Waals surface area contributed by atoms with Crippen LogP contribution >= 0.6 is 23.4 Å². The topological polar surface area (TPSA) is 83.9 Å². The van der Waals surface area contributed by atoms with Crippen LogP contribution in [-0.4, -0.2) is 32.8 Å². The Bertz CT molecular complexity index is 888. The molecule has 3 atom stereocenters. The molecule has 3 N–H and O–H groups in total. The first kappa shape index (κ1) is 21.6. The number of hydrazine groups is 1. The van der Waals surface area contributed by atoms with Gasteiger partial charge in [0.25, 0.3) is 0 Å². The highest BCUT2D eigenvalue weighted by Gasteiger charge is 2.42. The first-order valence-electron chi connectivity index (χ1n) is 10.6. The molecule has 2 aromatic rings. The fourth-order valence-electron chi connectivity index (χ4n) is 4.27. The molecule has 1 aromatic carbocycles. The van der Waals surface area contributed by atoms with Crippen molar-refractivity contribution in [3.63, 3.8) is 0 Å². The molecule has 1 amide bonds. The zero-order chi connectivity index (χ0) is 21.1. The Morgan fingerprint density at radius 1 is 1.30 bits per heavy atom. The average Bonchev–Trinajstić information content (AvgIpc) is 3.42. The molecule has 1 aliphatic heterocycles. The molecule has 1 aromatic heterocycles. The first-order valence-corrected chi connectivity index (χ1v) is 12.0. The molecule has 9 heteroatoms. The summed E-state index contributed by atoms with van der Waals surface area (Å²) in [5.74, 6) is 2.35. The van der Waals surface area contributed by atoms with E-state index >= 15 is 0 Å².